The van der Waals surface area contributed by atoms with Crippen molar-refractivity contribution in [3.8, 4) is 0 Å². The summed E-state index contributed by atoms with van der Waals surface area (Å²) < 4.78 is 0. The molecular formula is C20H13NO4. The zero-order valence-electron chi connectivity index (χ0n) is 13.0. The van der Waals surface area contributed by atoms with E-state index in [9.17, 15) is 20.3 Å². The van der Waals surface area contributed by atoms with Crippen molar-refractivity contribution in [3.63, 3.8) is 0 Å². The van der Waals surface area contributed by atoms with Gasteiger partial charge in [-0.25, -0.2) is 0 Å². The van der Waals surface area contributed by atoms with Crippen LogP contribution in [-0.4, -0.2) is 21.2 Å². The van der Waals surface area contributed by atoms with E-state index in [1.54, 1.807) is 18.2 Å². The Bertz CT molecular complexity index is 1210. The molecule has 0 aliphatic heterocycles. The van der Waals surface area contributed by atoms with Crippen LogP contribution in [0.25, 0.3) is 38.4 Å². The molecule has 2 atom stereocenters. The van der Waals surface area contributed by atoms with E-state index in [0.717, 1.165) is 32.5 Å². The predicted molar refractivity (Wildman–Crippen MR) is 96.8 cm³/mol. The first-order valence-electron chi connectivity index (χ1n) is 7.99. The van der Waals surface area contributed by atoms with Gasteiger partial charge in [-0.15, -0.1) is 0 Å². The van der Waals surface area contributed by atoms with Crippen molar-refractivity contribution in [3.05, 3.63) is 69.8 Å². The molecule has 4 aromatic rings. The highest BCUT2D eigenvalue weighted by Gasteiger charge is 2.26. The monoisotopic (exact) mass is 331 g/mol. The Balaban J connectivity index is 2.03. The first-order valence-corrected chi connectivity index (χ1v) is 7.99. The van der Waals surface area contributed by atoms with Crippen LogP contribution in [-0.2, 0) is 0 Å². The number of nitro groups is 1. The number of aliphatic hydroxyl groups is 2. The topological polar surface area (TPSA) is 83.6 Å². The molecule has 5 heteroatoms. The fourth-order valence-electron chi connectivity index (χ4n) is 4.01. The standard InChI is InChI=1S/C20H13NO4/c22-16-8-4-12-9-11-2-5-13-15(21(24)25)7-3-10-1-6-14(18(11)17(10)13)19(12)20(16)23/h1-9,16,20,22-23H/t16-,20+/m1/s1. The highest BCUT2D eigenvalue weighted by atomic mass is 16.6. The zero-order valence-corrected chi connectivity index (χ0v) is 13.0. The lowest BCUT2D eigenvalue weighted by molar-refractivity contribution is -0.383. The van der Waals surface area contributed by atoms with Crippen molar-refractivity contribution in [2.75, 3.05) is 0 Å². The van der Waals surface area contributed by atoms with Gasteiger partial charge in [-0.1, -0.05) is 30.4 Å². The van der Waals surface area contributed by atoms with E-state index < -0.39 is 12.2 Å². The maximum atomic E-state index is 11.4. The molecule has 4 aromatic carbocycles. The quantitative estimate of drug-likeness (QED) is 0.315. The van der Waals surface area contributed by atoms with Gasteiger partial charge < -0.3 is 10.2 Å². The van der Waals surface area contributed by atoms with Crippen LogP contribution in [0.5, 0.6) is 0 Å². The van der Waals surface area contributed by atoms with Crippen molar-refractivity contribution in [1.29, 1.82) is 0 Å². The summed E-state index contributed by atoms with van der Waals surface area (Å²) >= 11 is 0. The van der Waals surface area contributed by atoms with E-state index in [4.69, 9.17) is 0 Å². The fourth-order valence-corrected chi connectivity index (χ4v) is 4.01. The van der Waals surface area contributed by atoms with Crippen molar-refractivity contribution in [2.45, 2.75) is 12.2 Å². The number of non-ortho nitro benzene ring substituents is 1. The number of aliphatic hydroxyl groups excluding tert-OH is 2. The van der Waals surface area contributed by atoms with E-state index in [1.165, 1.54) is 6.07 Å². The second-order valence-corrected chi connectivity index (χ2v) is 6.44. The van der Waals surface area contributed by atoms with Crippen LogP contribution >= 0.6 is 0 Å². The van der Waals surface area contributed by atoms with Crippen LogP contribution in [0, 0.1) is 10.1 Å². The van der Waals surface area contributed by atoms with Gasteiger partial charge >= 0.3 is 0 Å². The third-order valence-corrected chi connectivity index (χ3v) is 5.12. The maximum Gasteiger partial charge on any atom is 0.277 e. The number of fused-ring (bicyclic) bond motifs is 2. The molecule has 5 rings (SSSR count). The molecule has 0 saturated heterocycles. The maximum absolute atomic E-state index is 11.4. The summed E-state index contributed by atoms with van der Waals surface area (Å²) in [6.07, 6.45) is 1.42. The summed E-state index contributed by atoms with van der Waals surface area (Å²) in [6.45, 7) is 0. The van der Waals surface area contributed by atoms with Gasteiger partial charge in [-0.3, -0.25) is 10.1 Å². The third-order valence-electron chi connectivity index (χ3n) is 5.12. The Kier molecular flexibility index (Phi) is 2.72. The third kappa shape index (κ3) is 1.79. The second kappa shape index (κ2) is 4.75. The van der Waals surface area contributed by atoms with Gasteiger partial charge in [-0.05, 0) is 50.9 Å². The average molecular weight is 331 g/mol. The molecule has 0 saturated carbocycles. The lowest BCUT2D eigenvalue weighted by Crippen LogP contribution is -2.19. The summed E-state index contributed by atoms with van der Waals surface area (Å²) in [7, 11) is 0. The number of hydrogen-bond acceptors (Lipinski definition) is 4. The Morgan fingerprint density at radius 3 is 2.40 bits per heavy atom. The number of benzene rings is 4. The van der Waals surface area contributed by atoms with Gasteiger partial charge in [0.2, 0.25) is 0 Å². The molecular weight excluding hydrogens is 318 g/mol. The number of nitro benzene ring substituents is 1. The molecule has 2 N–H and O–H groups in total. The van der Waals surface area contributed by atoms with Crippen LogP contribution in [0.1, 0.15) is 17.2 Å². The Morgan fingerprint density at radius 1 is 0.920 bits per heavy atom. The largest absolute Gasteiger partial charge is 0.386 e. The van der Waals surface area contributed by atoms with Gasteiger partial charge in [0.25, 0.3) is 5.69 Å². The Hall–Kier alpha value is -3.02. The SMILES string of the molecule is O=[N+]([O-])c1ccc2ccc3c4c(cc5ccc1c2c53)C=C[C@@H](O)[C@@H]4O. The van der Waals surface area contributed by atoms with E-state index in [1.807, 2.05) is 30.3 Å². The molecule has 122 valence electrons. The molecule has 0 bridgehead atoms. The Morgan fingerprint density at radius 2 is 1.60 bits per heavy atom. The lowest BCUT2D eigenvalue weighted by atomic mass is 9.84. The molecule has 0 radical (unpaired) electrons. The lowest BCUT2D eigenvalue weighted by Gasteiger charge is -2.25. The number of hydrogen-bond donors (Lipinski definition) is 2. The van der Waals surface area contributed by atoms with Gasteiger partial charge in [0.15, 0.2) is 0 Å². The van der Waals surface area contributed by atoms with Crippen LogP contribution in [0.3, 0.4) is 0 Å². The van der Waals surface area contributed by atoms with Crippen molar-refractivity contribution in [2.24, 2.45) is 0 Å². The van der Waals surface area contributed by atoms with Crippen LogP contribution in [0.2, 0.25) is 0 Å². The van der Waals surface area contributed by atoms with E-state index in [0.29, 0.717) is 10.9 Å². The zero-order chi connectivity index (χ0) is 17.3. The molecule has 0 spiro atoms. The van der Waals surface area contributed by atoms with Crippen molar-refractivity contribution >= 4 is 44.1 Å². The summed E-state index contributed by atoms with van der Waals surface area (Å²) in [4.78, 5) is 11.0. The summed E-state index contributed by atoms with van der Waals surface area (Å²) in [5, 5.41) is 36.9. The highest BCUT2D eigenvalue weighted by molar-refractivity contribution is 6.25. The first kappa shape index (κ1) is 14.3. The van der Waals surface area contributed by atoms with E-state index in [2.05, 4.69) is 0 Å². The Labute approximate surface area is 141 Å². The molecule has 5 nitrogen and oxygen atoms in total. The number of nitrogens with zero attached hydrogens (tertiary/aromatic N) is 1. The average Bonchev–Trinajstić information content (AvgIpc) is 2.61. The van der Waals surface area contributed by atoms with E-state index >= 15 is 0 Å². The second-order valence-electron chi connectivity index (χ2n) is 6.44. The molecule has 25 heavy (non-hydrogen) atoms. The minimum absolute atomic E-state index is 0.0695. The molecule has 0 unspecified atom stereocenters. The molecule has 1 aliphatic rings. The van der Waals surface area contributed by atoms with Crippen LogP contribution in [0.15, 0.2) is 48.5 Å². The molecule has 1 aliphatic carbocycles. The van der Waals surface area contributed by atoms with E-state index in [-0.39, 0.29) is 10.6 Å². The van der Waals surface area contributed by atoms with Crippen molar-refractivity contribution < 1.29 is 15.1 Å². The van der Waals surface area contributed by atoms with Crippen LogP contribution < -0.4 is 0 Å². The molecule has 0 fully saturated rings. The minimum Gasteiger partial charge on any atom is -0.386 e. The molecule has 0 heterocycles. The van der Waals surface area contributed by atoms with Gasteiger partial charge in [0, 0.05) is 11.5 Å². The summed E-state index contributed by atoms with van der Waals surface area (Å²) in [6, 6.07) is 12.7. The molecule has 0 aromatic heterocycles. The van der Waals surface area contributed by atoms with Gasteiger partial charge in [0.05, 0.1) is 10.3 Å². The fraction of sp³-hybridized carbons (Fsp3) is 0.100. The smallest absolute Gasteiger partial charge is 0.277 e. The normalized spacial score (nSPS) is 19.8. The van der Waals surface area contributed by atoms with Gasteiger partial charge in [-0.2, -0.15) is 0 Å². The number of rotatable bonds is 1. The minimum atomic E-state index is -1.01. The van der Waals surface area contributed by atoms with Crippen LogP contribution in [0.4, 0.5) is 5.69 Å². The van der Waals surface area contributed by atoms with Crippen molar-refractivity contribution in [1.82, 2.24) is 0 Å². The van der Waals surface area contributed by atoms with Gasteiger partial charge in [0.1, 0.15) is 12.2 Å². The summed E-state index contributed by atoms with van der Waals surface area (Å²) in [5.74, 6) is 0. The predicted octanol–water partition coefficient (Wildman–Crippen LogP) is 3.91. The first-order chi connectivity index (χ1) is 12.1. The highest BCUT2D eigenvalue weighted by Crippen LogP contribution is 2.43. The molecule has 0 amide bonds. The summed E-state index contributed by atoms with van der Waals surface area (Å²) in [5.41, 5.74) is 1.60.